The summed E-state index contributed by atoms with van der Waals surface area (Å²) in [4.78, 5) is 18.5. The van der Waals surface area contributed by atoms with E-state index in [0.717, 1.165) is 25.1 Å². The number of amides is 1. The number of benzene rings is 1. The number of nitrogen functional groups attached to an aromatic ring is 1. The molecule has 20 heavy (non-hydrogen) atoms. The van der Waals surface area contributed by atoms with E-state index in [1.165, 1.54) is 22.5 Å². The SMILES string of the molecule is Nc1nc(CC(=O)N2CCCc3ccccc3C2)cs1. The molecule has 2 heterocycles. The van der Waals surface area contributed by atoms with Gasteiger partial charge in [0.25, 0.3) is 0 Å². The minimum absolute atomic E-state index is 0.131. The van der Waals surface area contributed by atoms with Crippen LogP contribution in [0.4, 0.5) is 5.13 Å². The van der Waals surface area contributed by atoms with Crippen LogP contribution in [0.2, 0.25) is 0 Å². The molecule has 0 saturated carbocycles. The molecule has 0 radical (unpaired) electrons. The molecule has 2 N–H and O–H groups in total. The van der Waals surface area contributed by atoms with Crippen molar-refractivity contribution in [2.45, 2.75) is 25.8 Å². The second kappa shape index (κ2) is 5.63. The summed E-state index contributed by atoms with van der Waals surface area (Å²) in [5.41, 5.74) is 9.00. The molecule has 2 aromatic rings. The maximum absolute atomic E-state index is 12.4. The quantitative estimate of drug-likeness (QED) is 0.921. The van der Waals surface area contributed by atoms with Gasteiger partial charge in [0.05, 0.1) is 12.1 Å². The Morgan fingerprint density at radius 2 is 2.15 bits per heavy atom. The summed E-state index contributed by atoms with van der Waals surface area (Å²) in [5, 5.41) is 2.38. The van der Waals surface area contributed by atoms with Crippen LogP contribution in [0.5, 0.6) is 0 Å². The molecule has 104 valence electrons. The van der Waals surface area contributed by atoms with Gasteiger partial charge in [0, 0.05) is 18.5 Å². The standard InChI is InChI=1S/C15H17N3OS/c16-15-17-13(10-20-15)8-14(19)18-7-3-6-11-4-1-2-5-12(11)9-18/h1-2,4-5,10H,3,6-9H2,(H2,16,17). The fraction of sp³-hybridized carbons (Fsp3) is 0.333. The normalized spacial score (nSPS) is 14.7. The van der Waals surface area contributed by atoms with Crippen molar-refractivity contribution in [3.05, 3.63) is 46.5 Å². The van der Waals surface area contributed by atoms with E-state index in [1.54, 1.807) is 0 Å². The first-order valence-electron chi connectivity index (χ1n) is 6.77. The number of anilines is 1. The lowest BCUT2D eigenvalue weighted by Crippen LogP contribution is -2.32. The van der Waals surface area contributed by atoms with Gasteiger partial charge in [-0.3, -0.25) is 4.79 Å². The highest BCUT2D eigenvalue weighted by molar-refractivity contribution is 7.13. The Morgan fingerprint density at radius 3 is 2.90 bits per heavy atom. The van der Waals surface area contributed by atoms with Crippen LogP contribution in [-0.4, -0.2) is 22.3 Å². The van der Waals surface area contributed by atoms with Crippen molar-refractivity contribution in [1.29, 1.82) is 0 Å². The number of aryl methyl sites for hydroxylation is 1. The molecule has 1 aromatic heterocycles. The Balaban J connectivity index is 1.72. The van der Waals surface area contributed by atoms with Gasteiger partial charge >= 0.3 is 0 Å². The second-order valence-corrected chi connectivity index (χ2v) is 5.93. The Kier molecular flexibility index (Phi) is 3.69. The number of carbonyl (C=O) groups is 1. The fourth-order valence-electron chi connectivity index (χ4n) is 2.58. The van der Waals surface area contributed by atoms with Crippen LogP contribution < -0.4 is 5.73 Å². The van der Waals surface area contributed by atoms with Crippen LogP contribution in [0.1, 0.15) is 23.2 Å². The van der Waals surface area contributed by atoms with Gasteiger partial charge in [0.1, 0.15) is 0 Å². The van der Waals surface area contributed by atoms with Crippen LogP contribution in [0.3, 0.4) is 0 Å². The third kappa shape index (κ3) is 2.82. The molecule has 3 rings (SSSR count). The molecule has 0 spiro atoms. The highest BCUT2D eigenvalue weighted by Crippen LogP contribution is 2.19. The maximum Gasteiger partial charge on any atom is 0.228 e. The summed E-state index contributed by atoms with van der Waals surface area (Å²) < 4.78 is 0. The summed E-state index contributed by atoms with van der Waals surface area (Å²) in [6, 6.07) is 8.37. The average Bonchev–Trinajstić information content (AvgIpc) is 2.74. The zero-order valence-electron chi connectivity index (χ0n) is 11.2. The van der Waals surface area contributed by atoms with Crippen molar-refractivity contribution >= 4 is 22.4 Å². The van der Waals surface area contributed by atoms with Crippen molar-refractivity contribution < 1.29 is 4.79 Å². The molecule has 0 fully saturated rings. The molecular weight excluding hydrogens is 270 g/mol. The van der Waals surface area contributed by atoms with Crippen molar-refractivity contribution in [3.63, 3.8) is 0 Å². The molecular formula is C15H17N3OS. The molecule has 0 saturated heterocycles. The molecule has 1 aromatic carbocycles. The van der Waals surface area contributed by atoms with E-state index in [0.29, 0.717) is 18.1 Å². The largest absolute Gasteiger partial charge is 0.375 e. The molecule has 4 nitrogen and oxygen atoms in total. The summed E-state index contributed by atoms with van der Waals surface area (Å²) in [7, 11) is 0. The van der Waals surface area contributed by atoms with Crippen molar-refractivity contribution in [2.75, 3.05) is 12.3 Å². The number of nitrogens with zero attached hydrogens (tertiary/aromatic N) is 2. The van der Waals surface area contributed by atoms with Gasteiger partial charge in [-0.1, -0.05) is 24.3 Å². The Bertz CT molecular complexity index is 623. The average molecular weight is 287 g/mol. The van der Waals surface area contributed by atoms with Gasteiger partial charge < -0.3 is 10.6 Å². The van der Waals surface area contributed by atoms with Crippen molar-refractivity contribution in [3.8, 4) is 0 Å². The van der Waals surface area contributed by atoms with E-state index in [4.69, 9.17) is 5.73 Å². The molecule has 1 aliphatic rings. The van der Waals surface area contributed by atoms with Gasteiger partial charge in [-0.05, 0) is 24.0 Å². The van der Waals surface area contributed by atoms with E-state index in [9.17, 15) is 4.79 Å². The summed E-state index contributed by atoms with van der Waals surface area (Å²) in [5.74, 6) is 0.131. The predicted molar refractivity (Wildman–Crippen MR) is 80.4 cm³/mol. The Labute approximate surface area is 122 Å². The summed E-state index contributed by atoms with van der Waals surface area (Å²) in [6.07, 6.45) is 2.40. The Morgan fingerprint density at radius 1 is 1.35 bits per heavy atom. The third-order valence-electron chi connectivity index (χ3n) is 3.61. The topological polar surface area (TPSA) is 59.2 Å². The van der Waals surface area contributed by atoms with Crippen LogP contribution in [0, 0.1) is 0 Å². The van der Waals surface area contributed by atoms with Gasteiger partial charge in [-0.15, -0.1) is 11.3 Å². The number of nitrogens with two attached hydrogens (primary N) is 1. The highest BCUT2D eigenvalue weighted by atomic mass is 32.1. The molecule has 5 heteroatoms. The lowest BCUT2D eigenvalue weighted by Gasteiger charge is -2.20. The number of hydrogen-bond acceptors (Lipinski definition) is 4. The van der Waals surface area contributed by atoms with E-state index in [-0.39, 0.29) is 5.91 Å². The number of rotatable bonds is 2. The number of hydrogen-bond donors (Lipinski definition) is 1. The maximum atomic E-state index is 12.4. The van der Waals surface area contributed by atoms with Crippen LogP contribution in [0.25, 0.3) is 0 Å². The zero-order chi connectivity index (χ0) is 13.9. The molecule has 0 bridgehead atoms. The van der Waals surface area contributed by atoms with Crippen molar-refractivity contribution in [2.24, 2.45) is 0 Å². The first-order valence-corrected chi connectivity index (χ1v) is 7.65. The number of fused-ring (bicyclic) bond motifs is 1. The zero-order valence-corrected chi connectivity index (χ0v) is 12.0. The first-order chi connectivity index (χ1) is 9.72. The second-order valence-electron chi connectivity index (χ2n) is 5.04. The van der Waals surface area contributed by atoms with Crippen molar-refractivity contribution in [1.82, 2.24) is 9.88 Å². The fourth-order valence-corrected chi connectivity index (χ4v) is 3.15. The molecule has 0 unspecified atom stereocenters. The number of aromatic nitrogens is 1. The van der Waals surface area contributed by atoms with E-state index in [2.05, 4.69) is 23.2 Å². The minimum atomic E-state index is 0.131. The number of thiazole rings is 1. The lowest BCUT2D eigenvalue weighted by molar-refractivity contribution is -0.131. The monoisotopic (exact) mass is 287 g/mol. The van der Waals surface area contributed by atoms with Gasteiger partial charge in [0.15, 0.2) is 5.13 Å². The smallest absolute Gasteiger partial charge is 0.228 e. The minimum Gasteiger partial charge on any atom is -0.375 e. The number of carbonyl (C=O) groups excluding carboxylic acids is 1. The molecule has 0 aliphatic carbocycles. The predicted octanol–water partition coefficient (Wildman–Crippen LogP) is 2.24. The molecule has 1 amide bonds. The lowest BCUT2D eigenvalue weighted by atomic mass is 10.0. The highest BCUT2D eigenvalue weighted by Gasteiger charge is 2.19. The van der Waals surface area contributed by atoms with E-state index < -0.39 is 0 Å². The van der Waals surface area contributed by atoms with Gasteiger partial charge in [-0.2, -0.15) is 0 Å². The third-order valence-corrected chi connectivity index (χ3v) is 4.33. The summed E-state index contributed by atoms with van der Waals surface area (Å²) in [6.45, 7) is 1.52. The van der Waals surface area contributed by atoms with E-state index in [1.807, 2.05) is 16.3 Å². The van der Waals surface area contributed by atoms with Gasteiger partial charge in [-0.25, -0.2) is 4.98 Å². The van der Waals surface area contributed by atoms with Gasteiger partial charge in [0.2, 0.25) is 5.91 Å². The van der Waals surface area contributed by atoms with Crippen LogP contribution >= 0.6 is 11.3 Å². The van der Waals surface area contributed by atoms with Crippen LogP contribution in [0.15, 0.2) is 29.6 Å². The first kappa shape index (κ1) is 13.1. The molecule has 0 atom stereocenters. The van der Waals surface area contributed by atoms with E-state index >= 15 is 0 Å². The Hall–Kier alpha value is -1.88. The summed E-state index contributed by atoms with van der Waals surface area (Å²) >= 11 is 1.38. The molecule has 1 aliphatic heterocycles. The van der Waals surface area contributed by atoms with Crippen LogP contribution in [-0.2, 0) is 24.2 Å².